The highest BCUT2D eigenvalue weighted by Crippen LogP contribution is 2.56. The third-order valence-corrected chi connectivity index (χ3v) is 9.43. The molecule has 0 saturated heterocycles. The number of halogens is 1. The Balaban J connectivity index is 1.45. The summed E-state index contributed by atoms with van der Waals surface area (Å²) in [6, 6.07) is 10.7. The number of nitrogens with one attached hydrogen (secondary N) is 2. The summed E-state index contributed by atoms with van der Waals surface area (Å²) in [6.07, 6.45) is 0.0875. The number of allylic oxidation sites excluding steroid dienone is 1. The molecule has 2 aliphatic heterocycles. The standard InChI is InChI=1S/C33H26ClN3O10/c1-13-11-16-21(27(38)33(13)28(39)23-19(44-3)12-20(45-4)25(34)26(23)47-33)22(24-29(35-16)37(2)32(43)36-30(24)40)18-10-9-17(46-18)14-7-5-6-8-15(14)31(41)42/h5-10,12-13,22,35H,11H2,1-4H3,(H,41,42)(H,36,40,43)/t13-,22?,33+/m1/s1. The van der Waals surface area contributed by atoms with E-state index in [4.69, 9.17) is 30.2 Å². The number of aromatic amines is 1. The number of carboxylic acids is 1. The number of rotatable bonds is 5. The Kier molecular flexibility index (Phi) is 6.72. The molecule has 1 aliphatic carbocycles. The zero-order valence-electron chi connectivity index (χ0n) is 25.3. The number of carboxylic acid groups (broad SMARTS) is 1. The molecule has 4 heterocycles. The number of ketones is 2. The van der Waals surface area contributed by atoms with Gasteiger partial charge in [0.1, 0.15) is 39.4 Å². The van der Waals surface area contributed by atoms with Crippen molar-refractivity contribution in [3.63, 3.8) is 0 Å². The van der Waals surface area contributed by atoms with Gasteiger partial charge in [-0.15, -0.1) is 0 Å². The second kappa shape index (κ2) is 10.5. The number of carbonyl (C=O) groups is 3. The molecule has 4 aromatic rings. The lowest BCUT2D eigenvalue weighted by molar-refractivity contribution is -0.130. The van der Waals surface area contributed by atoms with Crippen LogP contribution in [0.15, 0.2) is 67.7 Å². The van der Waals surface area contributed by atoms with E-state index >= 15 is 0 Å². The zero-order valence-corrected chi connectivity index (χ0v) is 26.1. The number of H-pyrrole nitrogens is 1. The Bertz CT molecular complexity index is 2230. The summed E-state index contributed by atoms with van der Waals surface area (Å²) in [5, 5.41) is 12.9. The monoisotopic (exact) mass is 659 g/mol. The molecule has 3 aliphatic rings. The van der Waals surface area contributed by atoms with Crippen molar-refractivity contribution in [1.29, 1.82) is 0 Å². The molecule has 1 unspecified atom stereocenters. The molecule has 7 rings (SSSR count). The number of ether oxygens (including phenoxy) is 3. The Hall–Kier alpha value is -5.56. The minimum atomic E-state index is -2.10. The van der Waals surface area contributed by atoms with Crippen LogP contribution >= 0.6 is 11.6 Å². The van der Waals surface area contributed by atoms with Crippen molar-refractivity contribution >= 4 is 35.0 Å². The van der Waals surface area contributed by atoms with Gasteiger partial charge in [-0.05, 0) is 24.6 Å². The lowest BCUT2D eigenvalue weighted by Crippen LogP contribution is -2.58. The van der Waals surface area contributed by atoms with Crippen molar-refractivity contribution in [2.75, 3.05) is 19.5 Å². The van der Waals surface area contributed by atoms with Gasteiger partial charge in [-0.1, -0.05) is 36.7 Å². The lowest BCUT2D eigenvalue weighted by atomic mass is 9.66. The van der Waals surface area contributed by atoms with Gasteiger partial charge in [0.25, 0.3) is 5.56 Å². The molecule has 2 aromatic carbocycles. The molecule has 0 saturated carbocycles. The van der Waals surface area contributed by atoms with Gasteiger partial charge in [0.05, 0.1) is 31.3 Å². The molecule has 47 heavy (non-hydrogen) atoms. The van der Waals surface area contributed by atoms with E-state index in [1.54, 1.807) is 25.1 Å². The summed E-state index contributed by atoms with van der Waals surface area (Å²) in [4.78, 5) is 69.8. The quantitative estimate of drug-likeness (QED) is 0.262. The first-order chi connectivity index (χ1) is 22.4. The largest absolute Gasteiger partial charge is 0.496 e. The maximum Gasteiger partial charge on any atom is 0.336 e. The first-order valence-electron chi connectivity index (χ1n) is 14.4. The van der Waals surface area contributed by atoms with Gasteiger partial charge >= 0.3 is 11.7 Å². The number of furan rings is 1. The molecule has 13 nitrogen and oxygen atoms in total. The third-order valence-electron chi connectivity index (χ3n) is 9.07. The molecular weight excluding hydrogens is 634 g/mol. The first kappa shape index (κ1) is 30.1. The van der Waals surface area contributed by atoms with Gasteiger partial charge in [0.2, 0.25) is 17.2 Å². The zero-order chi connectivity index (χ0) is 33.5. The van der Waals surface area contributed by atoms with E-state index < -0.39 is 46.2 Å². The molecule has 240 valence electrons. The van der Waals surface area contributed by atoms with Crippen LogP contribution in [0.3, 0.4) is 0 Å². The minimum absolute atomic E-state index is 0.00961. The van der Waals surface area contributed by atoms with Crippen LogP contribution in [0.2, 0.25) is 5.02 Å². The predicted octanol–water partition coefficient (Wildman–Crippen LogP) is 4.14. The summed E-state index contributed by atoms with van der Waals surface area (Å²) < 4.78 is 24.6. The molecule has 0 fully saturated rings. The van der Waals surface area contributed by atoms with Crippen LogP contribution in [-0.4, -0.2) is 52.0 Å². The molecule has 3 N–H and O–H groups in total. The highest BCUT2D eigenvalue weighted by atomic mass is 35.5. The maximum absolute atomic E-state index is 15.0. The molecular formula is C33H26ClN3O10. The summed E-state index contributed by atoms with van der Waals surface area (Å²) in [6.45, 7) is 1.68. The van der Waals surface area contributed by atoms with E-state index in [1.165, 1.54) is 50.1 Å². The van der Waals surface area contributed by atoms with Crippen LogP contribution in [0, 0.1) is 5.92 Å². The van der Waals surface area contributed by atoms with Crippen molar-refractivity contribution in [2.24, 2.45) is 13.0 Å². The van der Waals surface area contributed by atoms with E-state index in [2.05, 4.69) is 10.3 Å². The molecule has 0 amide bonds. The maximum atomic E-state index is 15.0. The molecule has 3 atom stereocenters. The summed E-state index contributed by atoms with van der Waals surface area (Å²) in [5.41, 5.74) is -2.99. The number of aromatic nitrogens is 2. The van der Waals surface area contributed by atoms with E-state index in [9.17, 15) is 29.1 Å². The highest BCUT2D eigenvalue weighted by Gasteiger charge is 2.64. The molecule has 0 radical (unpaired) electrons. The fourth-order valence-corrected chi connectivity index (χ4v) is 7.05. The van der Waals surface area contributed by atoms with Crippen LogP contribution in [0.25, 0.3) is 11.3 Å². The minimum Gasteiger partial charge on any atom is -0.496 e. The van der Waals surface area contributed by atoms with Gasteiger partial charge in [-0.3, -0.25) is 23.9 Å². The average molecular weight is 660 g/mol. The van der Waals surface area contributed by atoms with Crippen molar-refractivity contribution in [1.82, 2.24) is 9.55 Å². The number of methoxy groups -OCH3 is 2. The van der Waals surface area contributed by atoms with Crippen molar-refractivity contribution in [3.8, 4) is 28.6 Å². The smallest absolute Gasteiger partial charge is 0.336 e. The summed E-state index contributed by atoms with van der Waals surface area (Å²) >= 11 is 6.60. The number of hydrogen-bond acceptors (Lipinski definition) is 10. The van der Waals surface area contributed by atoms with Crippen LogP contribution in [0.4, 0.5) is 5.82 Å². The third kappa shape index (κ3) is 4.05. The van der Waals surface area contributed by atoms with E-state index in [1.807, 2.05) is 0 Å². The molecule has 14 heteroatoms. The van der Waals surface area contributed by atoms with Crippen molar-refractivity contribution in [2.45, 2.75) is 24.9 Å². The number of fused-ring (bicyclic) bond motifs is 2. The Morgan fingerprint density at radius 1 is 1.06 bits per heavy atom. The Morgan fingerprint density at radius 2 is 1.79 bits per heavy atom. The van der Waals surface area contributed by atoms with E-state index in [0.29, 0.717) is 5.70 Å². The fraction of sp³-hybridized carbons (Fsp3) is 0.242. The van der Waals surface area contributed by atoms with Gasteiger partial charge in [0, 0.05) is 35.9 Å². The number of aromatic carboxylic acids is 1. The second-order valence-electron chi connectivity index (χ2n) is 11.5. The van der Waals surface area contributed by atoms with Gasteiger partial charge in [0.15, 0.2) is 5.75 Å². The highest BCUT2D eigenvalue weighted by molar-refractivity contribution is 6.36. The Morgan fingerprint density at radius 3 is 2.49 bits per heavy atom. The Labute approximate surface area is 270 Å². The number of hydrogen-bond donors (Lipinski definition) is 3. The van der Waals surface area contributed by atoms with Crippen molar-refractivity contribution in [3.05, 3.63) is 102 Å². The van der Waals surface area contributed by atoms with Gasteiger partial charge in [-0.25, -0.2) is 9.59 Å². The number of benzene rings is 2. The van der Waals surface area contributed by atoms with Crippen LogP contribution < -0.4 is 30.8 Å². The molecule has 0 bridgehead atoms. The summed E-state index contributed by atoms with van der Waals surface area (Å²) in [5.74, 6) is -3.98. The fourth-order valence-electron chi connectivity index (χ4n) is 6.79. The normalized spacial score (nSPS) is 21.1. The van der Waals surface area contributed by atoms with Gasteiger partial charge in [-0.2, -0.15) is 0 Å². The summed E-state index contributed by atoms with van der Waals surface area (Å²) in [7, 11) is 4.21. The van der Waals surface area contributed by atoms with Crippen LogP contribution in [0.1, 0.15) is 51.3 Å². The SMILES string of the molecule is COc1cc(OC)c2c(c1Cl)O[C@@]1(C(=O)C3=C(C[C@H]1C)Nc1c(c(=O)[nH]c(=O)n1C)C3c1ccc(-c3ccccc3C(=O)O)o1)C2=O. The van der Waals surface area contributed by atoms with Crippen molar-refractivity contribution < 1.29 is 38.1 Å². The van der Waals surface area contributed by atoms with Crippen LogP contribution in [0.5, 0.6) is 17.2 Å². The lowest BCUT2D eigenvalue weighted by Gasteiger charge is -2.42. The first-order valence-corrected chi connectivity index (χ1v) is 14.8. The number of carbonyl (C=O) groups excluding carboxylic acids is 2. The second-order valence-corrected chi connectivity index (χ2v) is 11.9. The molecule has 2 aromatic heterocycles. The predicted molar refractivity (Wildman–Crippen MR) is 167 cm³/mol. The average Bonchev–Trinajstić information content (AvgIpc) is 3.66. The molecule has 1 spiro atoms. The number of nitrogens with zero attached hydrogens (tertiary/aromatic N) is 1. The number of anilines is 1. The van der Waals surface area contributed by atoms with E-state index in [-0.39, 0.29) is 73.9 Å². The topological polar surface area (TPSA) is 179 Å². The van der Waals surface area contributed by atoms with Gasteiger partial charge < -0.3 is 29.1 Å². The van der Waals surface area contributed by atoms with Crippen LogP contribution in [-0.2, 0) is 11.8 Å². The number of Topliss-reactive ketones (excluding diaryl/α,β-unsaturated/α-hetero) is 2. The van der Waals surface area contributed by atoms with E-state index in [0.717, 1.165) is 0 Å².